The van der Waals surface area contributed by atoms with Crippen LogP contribution in [0.4, 0.5) is 0 Å². The molecule has 0 aromatic rings. The van der Waals surface area contributed by atoms with Crippen LogP contribution in [0.2, 0.25) is 0 Å². The van der Waals surface area contributed by atoms with Crippen LogP contribution >= 0.6 is 0 Å². The van der Waals surface area contributed by atoms with Crippen LogP contribution in [0.1, 0.15) is 47.0 Å². The standard InChI is InChI=1S/C20H26O5/c1-6-10(2)18(22)24-13-9-20(5)14(21)8-7-11(3)16(20)17-15(13)12(4)19(23)25-17/h6,13-15,17,21H,4,7-9H2,1-3,5H3. The molecule has 136 valence electrons. The van der Waals surface area contributed by atoms with Gasteiger partial charge in [-0.15, -0.1) is 0 Å². The molecule has 3 aliphatic rings. The number of carbonyl (C=O) groups excluding carboxylic acids is 2. The van der Waals surface area contributed by atoms with Crippen LogP contribution in [0, 0.1) is 11.3 Å². The largest absolute Gasteiger partial charge is 0.458 e. The first-order valence-corrected chi connectivity index (χ1v) is 8.82. The fourth-order valence-corrected chi connectivity index (χ4v) is 4.54. The predicted molar refractivity (Wildman–Crippen MR) is 92.5 cm³/mol. The summed E-state index contributed by atoms with van der Waals surface area (Å²) in [5, 5.41) is 10.7. The van der Waals surface area contributed by atoms with Gasteiger partial charge in [0.15, 0.2) is 0 Å². The lowest BCUT2D eigenvalue weighted by atomic mass is 9.58. The second kappa shape index (κ2) is 6.13. The third-order valence-electron chi connectivity index (χ3n) is 6.15. The van der Waals surface area contributed by atoms with Crippen LogP contribution in [0.5, 0.6) is 0 Å². The number of hydrogen-bond acceptors (Lipinski definition) is 5. The monoisotopic (exact) mass is 346 g/mol. The van der Waals surface area contributed by atoms with E-state index in [2.05, 4.69) is 6.58 Å². The number of esters is 2. The first kappa shape index (κ1) is 17.9. The Labute approximate surface area is 148 Å². The second-order valence-electron chi connectivity index (χ2n) is 7.66. The van der Waals surface area contributed by atoms with Crippen LogP contribution in [-0.4, -0.2) is 35.4 Å². The molecule has 0 bridgehead atoms. The van der Waals surface area contributed by atoms with Gasteiger partial charge in [0.1, 0.15) is 12.2 Å². The molecule has 1 aliphatic heterocycles. The van der Waals surface area contributed by atoms with Crippen molar-refractivity contribution in [1.82, 2.24) is 0 Å². The normalized spacial score (nSPS) is 38.2. The number of aliphatic hydroxyl groups is 1. The average molecular weight is 346 g/mol. The molecule has 1 N–H and O–H groups in total. The Hall–Kier alpha value is -1.88. The van der Waals surface area contributed by atoms with Crippen molar-refractivity contribution in [3.05, 3.63) is 34.9 Å². The molecule has 5 unspecified atom stereocenters. The minimum Gasteiger partial charge on any atom is -0.458 e. The van der Waals surface area contributed by atoms with Gasteiger partial charge in [-0.1, -0.05) is 25.2 Å². The molecule has 2 fully saturated rings. The maximum Gasteiger partial charge on any atom is 0.334 e. The summed E-state index contributed by atoms with van der Waals surface area (Å²) in [4.78, 5) is 24.5. The van der Waals surface area contributed by atoms with E-state index in [1.807, 2.05) is 13.8 Å². The predicted octanol–water partition coefficient (Wildman–Crippen LogP) is 2.84. The Bertz CT molecular complexity index is 701. The van der Waals surface area contributed by atoms with E-state index in [9.17, 15) is 14.7 Å². The summed E-state index contributed by atoms with van der Waals surface area (Å²) in [5.41, 5.74) is 2.43. The molecular formula is C20H26O5. The third kappa shape index (κ3) is 2.65. The number of fused-ring (bicyclic) bond motifs is 3. The summed E-state index contributed by atoms with van der Waals surface area (Å²) in [6.45, 7) is 11.4. The number of allylic oxidation sites excluding steroid dienone is 2. The Morgan fingerprint density at radius 1 is 1.48 bits per heavy atom. The summed E-state index contributed by atoms with van der Waals surface area (Å²) in [5.74, 6) is -1.23. The summed E-state index contributed by atoms with van der Waals surface area (Å²) in [6, 6.07) is 0. The van der Waals surface area contributed by atoms with Gasteiger partial charge in [-0.2, -0.15) is 0 Å². The Balaban J connectivity index is 2.03. The first-order chi connectivity index (χ1) is 11.7. The number of rotatable bonds is 2. The fraction of sp³-hybridized carbons (Fsp3) is 0.600. The van der Waals surface area contributed by atoms with E-state index in [4.69, 9.17) is 9.47 Å². The molecule has 5 heteroatoms. The van der Waals surface area contributed by atoms with Gasteiger partial charge >= 0.3 is 11.9 Å². The highest BCUT2D eigenvalue weighted by molar-refractivity contribution is 5.92. The molecular weight excluding hydrogens is 320 g/mol. The van der Waals surface area contributed by atoms with E-state index >= 15 is 0 Å². The van der Waals surface area contributed by atoms with E-state index in [-0.39, 0.29) is 5.92 Å². The average Bonchev–Trinajstić information content (AvgIpc) is 2.85. The second-order valence-corrected chi connectivity index (χ2v) is 7.66. The number of ether oxygens (including phenoxy) is 2. The molecule has 25 heavy (non-hydrogen) atoms. The zero-order valence-corrected chi connectivity index (χ0v) is 15.3. The van der Waals surface area contributed by atoms with E-state index in [0.29, 0.717) is 24.0 Å². The Morgan fingerprint density at radius 2 is 2.16 bits per heavy atom. The molecule has 5 nitrogen and oxygen atoms in total. The smallest absolute Gasteiger partial charge is 0.334 e. The minimum absolute atomic E-state index is 0.350. The quantitative estimate of drug-likeness (QED) is 0.473. The van der Waals surface area contributed by atoms with Gasteiger partial charge < -0.3 is 14.6 Å². The van der Waals surface area contributed by atoms with Crippen molar-refractivity contribution in [2.24, 2.45) is 11.3 Å². The van der Waals surface area contributed by atoms with Gasteiger partial charge in [0.05, 0.1) is 12.0 Å². The summed E-state index contributed by atoms with van der Waals surface area (Å²) < 4.78 is 11.4. The van der Waals surface area contributed by atoms with Crippen molar-refractivity contribution in [1.29, 1.82) is 0 Å². The van der Waals surface area contributed by atoms with Gasteiger partial charge in [0.25, 0.3) is 0 Å². The molecule has 0 radical (unpaired) electrons. The van der Waals surface area contributed by atoms with E-state index in [1.165, 1.54) is 0 Å². The zero-order chi connectivity index (χ0) is 18.5. The highest BCUT2D eigenvalue weighted by atomic mass is 16.6. The molecule has 0 spiro atoms. The SMILES string of the molecule is C=C1C(=O)OC2C3=C(C)CCC(O)C3(C)CC(OC(=O)C(C)=CC)C12. The van der Waals surface area contributed by atoms with E-state index in [0.717, 1.165) is 17.6 Å². The molecule has 0 aromatic carbocycles. The first-order valence-electron chi connectivity index (χ1n) is 8.82. The van der Waals surface area contributed by atoms with Gasteiger partial charge in [-0.05, 0) is 45.6 Å². The fourth-order valence-electron chi connectivity index (χ4n) is 4.54. The van der Waals surface area contributed by atoms with Crippen molar-refractivity contribution >= 4 is 11.9 Å². The molecule has 5 atom stereocenters. The topological polar surface area (TPSA) is 72.8 Å². The lowest BCUT2D eigenvalue weighted by Gasteiger charge is -2.50. The van der Waals surface area contributed by atoms with Crippen molar-refractivity contribution in [2.75, 3.05) is 0 Å². The molecule has 1 saturated carbocycles. The molecule has 2 aliphatic carbocycles. The highest BCUT2D eigenvalue weighted by Gasteiger charge is 2.59. The van der Waals surface area contributed by atoms with Crippen LogP contribution in [0.3, 0.4) is 0 Å². The van der Waals surface area contributed by atoms with E-state index in [1.54, 1.807) is 19.9 Å². The van der Waals surface area contributed by atoms with Gasteiger partial charge in [-0.3, -0.25) is 0 Å². The number of carbonyl (C=O) groups is 2. The summed E-state index contributed by atoms with van der Waals surface area (Å²) in [7, 11) is 0. The van der Waals surface area contributed by atoms with Gasteiger partial charge in [0.2, 0.25) is 0 Å². The lowest BCUT2D eigenvalue weighted by Crippen LogP contribution is -2.53. The Kier molecular flexibility index (Phi) is 4.40. The van der Waals surface area contributed by atoms with Crippen LogP contribution < -0.4 is 0 Å². The van der Waals surface area contributed by atoms with Crippen molar-refractivity contribution in [2.45, 2.75) is 65.3 Å². The van der Waals surface area contributed by atoms with Crippen LogP contribution in [-0.2, 0) is 19.1 Å². The number of hydrogen-bond donors (Lipinski definition) is 1. The van der Waals surface area contributed by atoms with Crippen molar-refractivity contribution in [3.8, 4) is 0 Å². The molecule has 0 aromatic heterocycles. The lowest BCUT2D eigenvalue weighted by molar-refractivity contribution is -0.155. The van der Waals surface area contributed by atoms with Gasteiger partial charge in [0, 0.05) is 16.6 Å². The molecule has 0 amide bonds. The van der Waals surface area contributed by atoms with Crippen molar-refractivity contribution in [3.63, 3.8) is 0 Å². The maximum absolute atomic E-state index is 12.3. The number of aliphatic hydroxyl groups excluding tert-OH is 1. The third-order valence-corrected chi connectivity index (χ3v) is 6.15. The highest BCUT2D eigenvalue weighted by Crippen LogP contribution is 2.56. The van der Waals surface area contributed by atoms with Gasteiger partial charge in [-0.25, -0.2) is 9.59 Å². The molecule has 1 saturated heterocycles. The molecule has 1 heterocycles. The Morgan fingerprint density at radius 3 is 2.80 bits per heavy atom. The minimum atomic E-state index is -0.566. The maximum atomic E-state index is 12.3. The van der Waals surface area contributed by atoms with Crippen molar-refractivity contribution < 1.29 is 24.2 Å². The van der Waals surface area contributed by atoms with Crippen LogP contribution in [0.15, 0.2) is 34.9 Å². The zero-order valence-electron chi connectivity index (χ0n) is 15.3. The summed E-state index contributed by atoms with van der Waals surface area (Å²) in [6.07, 6.45) is 2.00. The van der Waals surface area contributed by atoms with E-state index < -0.39 is 35.7 Å². The van der Waals surface area contributed by atoms with Crippen LogP contribution in [0.25, 0.3) is 0 Å². The molecule has 3 rings (SSSR count). The summed E-state index contributed by atoms with van der Waals surface area (Å²) >= 11 is 0.